The molecule has 1 N–H and O–H groups in total. The second-order valence-corrected chi connectivity index (χ2v) is 6.53. The maximum absolute atomic E-state index is 12.8. The van der Waals surface area contributed by atoms with Crippen LogP contribution < -0.4 is 10.2 Å². The van der Waals surface area contributed by atoms with Gasteiger partial charge in [-0.05, 0) is 43.4 Å². The molecule has 7 heteroatoms. The van der Waals surface area contributed by atoms with Crippen molar-refractivity contribution in [1.29, 1.82) is 0 Å². The van der Waals surface area contributed by atoms with Crippen LogP contribution in [0.5, 0.6) is 0 Å². The molecule has 1 aromatic heterocycles. The number of aryl methyl sites for hydroxylation is 2. The highest BCUT2D eigenvalue weighted by Gasteiger charge is 2.36. The first-order chi connectivity index (χ1) is 12.2. The molecule has 0 bridgehead atoms. The number of hydrogen-bond acceptors (Lipinski definition) is 5. The number of nitrogens with zero attached hydrogens (tertiary/aromatic N) is 3. The molecule has 1 fully saturated rings. The molecule has 25 heavy (non-hydrogen) atoms. The van der Waals surface area contributed by atoms with Crippen LogP contribution in [0.2, 0.25) is 0 Å². The van der Waals surface area contributed by atoms with Gasteiger partial charge in [-0.3, -0.25) is 4.90 Å². The van der Waals surface area contributed by atoms with Crippen LogP contribution in [0.4, 0.5) is 10.5 Å². The number of carbonyl (C=O) groups excluding carboxylic acids is 1. The molecule has 2 aromatic rings. The van der Waals surface area contributed by atoms with Gasteiger partial charge in [0, 0.05) is 18.8 Å². The summed E-state index contributed by atoms with van der Waals surface area (Å²) in [6, 6.07) is 6.08. The Morgan fingerprint density at radius 3 is 3.08 bits per heavy atom. The number of urea groups is 1. The molecule has 2 amide bonds. The fourth-order valence-corrected chi connectivity index (χ4v) is 3.53. The number of aromatic nitrogens is 2. The topological polar surface area (TPSA) is 80.5 Å². The highest BCUT2D eigenvalue weighted by Crippen LogP contribution is 2.31. The lowest BCUT2D eigenvalue weighted by molar-refractivity contribution is 0.0724. The number of fused-ring (bicyclic) bond motifs is 1. The van der Waals surface area contributed by atoms with E-state index in [0.29, 0.717) is 24.9 Å². The fraction of sp³-hybridized carbons (Fsp3) is 0.500. The average Bonchev–Trinajstić information content (AvgIpc) is 3.33. The minimum Gasteiger partial charge on any atom is -0.366 e. The van der Waals surface area contributed by atoms with Crippen molar-refractivity contribution in [1.82, 2.24) is 15.5 Å². The van der Waals surface area contributed by atoms with Gasteiger partial charge >= 0.3 is 6.03 Å². The SMILES string of the molecule is CCc1ccc2c(c1)CCN2C(=O)N[C@@H]1CCO[C@@H]1c1nc(C)no1. The van der Waals surface area contributed by atoms with Gasteiger partial charge in [0.1, 0.15) is 0 Å². The van der Waals surface area contributed by atoms with E-state index in [1.165, 1.54) is 11.1 Å². The van der Waals surface area contributed by atoms with Crippen LogP contribution in [0, 0.1) is 6.92 Å². The Bertz CT molecular complexity index is 788. The summed E-state index contributed by atoms with van der Waals surface area (Å²) in [5.74, 6) is 0.991. The zero-order chi connectivity index (χ0) is 17.4. The first kappa shape index (κ1) is 16.1. The molecule has 2 atom stereocenters. The number of carbonyl (C=O) groups is 1. The third kappa shape index (κ3) is 3.00. The van der Waals surface area contributed by atoms with E-state index in [9.17, 15) is 4.79 Å². The first-order valence-corrected chi connectivity index (χ1v) is 8.77. The number of hydrogen-bond donors (Lipinski definition) is 1. The Morgan fingerprint density at radius 1 is 1.44 bits per heavy atom. The summed E-state index contributed by atoms with van der Waals surface area (Å²) in [5, 5.41) is 6.89. The smallest absolute Gasteiger partial charge is 0.322 e. The summed E-state index contributed by atoms with van der Waals surface area (Å²) in [5.41, 5.74) is 3.54. The molecule has 0 saturated carbocycles. The van der Waals surface area contributed by atoms with Crippen LogP contribution in [0.25, 0.3) is 0 Å². The minimum atomic E-state index is -0.380. The second kappa shape index (κ2) is 6.48. The normalized spacial score (nSPS) is 22.2. The molecule has 0 radical (unpaired) electrons. The van der Waals surface area contributed by atoms with Crippen LogP contribution in [-0.4, -0.2) is 35.4 Å². The molecule has 0 unspecified atom stereocenters. The van der Waals surface area contributed by atoms with E-state index < -0.39 is 0 Å². The molecule has 2 aliphatic heterocycles. The molecule has 7 nitrogen and oxygen atoms in total. The number of amides is 2. The van der Waals surface area contributed by atoms with E-state index in [1.807, 2.05) is 11.0 Å². The molecule has 3 heterocycles. The van der Waals surface area contributed by atoms with Gasteiger partial charge in [0.05, 0.1) is 6.04 Å². The average molecular weight is 342 g/mol. The van der Waals surface area contributed by atoms with E-state index in [4.69, 9.17) is 9.26 Å². The van der Waals surface area contributed by atoms with Crippen molar-refractivity contribution in [3.05, 3.63) is 41.0 Å². The quantitative estimate of drug-likeness (QED) is 0.927. The molecule has 0 aliphatic carbocycles. The third-order valence-electron chi connectivity index (χ3n) is 4.88. The molecule has 132 valence electrons. The molecular weight excluding hydrogens is 320 g/mol. The largest absolute Gasteiger partial charge is 0.366 e. The maximum Gasteiger partial charge on any atom is 0.322 e. The van der Waals surface area contributed by atoms with E-state index >= 15 is 0 Å². The lowest BCUT2D eigenvalue weighted by atomic mass is 10.1. The molecule has 1 aromatic carbocycles. The van der Waals surface area contributed by atoms with Crippen molar-refractivity contribution in [3.63, 3.8) is 0 Å². The summed E-state index contributed by atoms with van der Waals surface area (Å²) < 4.78 is 10.9. The third-order valence-corrected chi connectivity index (χ3v) is 4.88. The van der Waals surface area contributed by atoms with Crippen molar-refractivity contribution in [3.8, 4) is 0 Å². The Hall–Kier alpha value is -2.41. The van der Waals surface area contributed by atoms with E-state index in [-0.39, 0.29) is 18.2 Å². The van der Waals surface area contributed by atoms with Gasteiger partial charge in [-0.2, -0.15) is 4.98 Å². The van der Waals surface area contributed by atoms with E-state index in [1.54, 1.807) is 6.92 Å². The maximum atomic E-state index is 12.8. The predicted molar refractivity (Wildman–Crippen MR) is 91.5 cm³/mol. The fourth-order valence-electron chi connectivity index (χ4n) is 3.53. The highest BCUT2D eigenvalue weighted by atomic mass is 16.5. The van der Waals surface area contributed by atoms with Crippen molar-refractivity contribution < 1.29 is 14.1 Å². The van der Waals surface area contributed by atoms with Gasteiger partial charge in [0.25, 0.3) is 5.89 Å². The zero-order valence-corrected chi connectivity index (χ0v) is 14.5. The van der Waals surface area contributed by atoms with Gasteiger partial charge in [0.15, 0.2) is 11.9 Å². The summed E-state index contributed by atoms with van der Waals surface area (Å²) in [7, 11) is 0. The number of anilines is 1. The lowest BCUT2D eigenvalue weighted by Gasteiger charge is -2.23. The number of nitrogens with one attached hydrogen (secondary N) is 1. The van der Waals surface area contributed by atoms with Gasteiger partial charge < -0.3 is 14.6 Å². The van der Waals surface area contributed by atoms with Gasteiger partial charge in [-0.15, -0.1) is 0 Å². The zero-order valence-electron chi connectivity index (χ0n) is 14.5. The van der Waals surface area contributed by atoms with Crippen molar-refractivity contribution in [2.45, 2.75) is 45.3 Å². The first-order valence-electron chi connectivity index (χ1n) is 8.77. The summed E-state index contributed by atoms with van der Waals surface area (Å²) in [6.07, 6.45) is 2.25. The monoisotopic (exact) mass is 342 g/mol. The van der Waals surface area contributed by atoms with Gasteiger partial charge in [-0.1, -0.05) is 24.2 Å². The van der Waals surface area contributed by atoms with Crippen LogP contribution >= 0.6 is 0 Å². The minimum absolute atomic E-state index is 0.0975. The number of ether oxygens (including phenoxy) is 1. The Labute approximate surface area is 146 Å². The van der Waals surface area contributed by atoms with Crippen LogP contribution in [-0.2, 0) is 17.6 Å². The van der Waals surface area contributed by atoms with Gasteiger partial charge in [0.2, 0.25) is 0 Å². The number of rotatable bonds is 3. The summed E-state index contributed by atoms with van der Waals surface area (Å²) >= 11 is 0. The highest BCUT2D eigenvalue weighted by molar-refractivity contribution is 5.94. The van der Waals surface area contributed by atoms with Crippen molar-refractivity contribution in [2.24, 2.45) is 0 Å². The van der Waals surface area contributed by atoms with Crippen molar-refractivity contribution >= 4 is 11.7 Å². The molecule has 1 saturated heterocycles. The second-order valence-electron chi connectivity index (χ2n) is 6.53. The molecule has 2 aliphatic rings. The molecule has 4 rings (SSSR count). The van der Waals surface area contributed by atoms with Gasteiger partial charge in [-0.25, -0.2) is 4.79 Å². The standard InChI is InChI=1S/C18H22N4O3/c1-3-12-4-5-15-13(10-12)6-8-22(15)18(23)20-14-7-9-24-16(14)17-19-11(2)21-25-17/h4-5,10,14,16H,3,6-9H2,1-2H3,(H,20,23)/t14-,16+/m1/s1. The number of benzene rings is 1. The Balaban J connectivity index is 1.48. The van der Waals surface area contributed by atoms with Crippen molar-refractivity contribution in [2.75, 3.05) is 18.1 Å². The molecule has 0 spiro atoms. The predicted octanol–water partition coefficient (Wildman–Crippen LogP) is 2.54. The van der Waals surface area contributed by atoms with E-state index in [0.717, 1.165) is 24.9 Å². The van der Waals surface area contributed by atoms with Crippen LogP contribution in [0.3, 0.4) is 0 Å². The lowest BCUT2D eigenvalue weighted by Crippen LogP contribution is -2.45. The molecular formula is C18H22N4O3. The summed E-state index contributed by atoms with van der Waals surface area (Å²) in [6.45, 7) is 5.17. The Morgan fingerprint density at radius 2 is 2.32 bits per heavy atom. The van der Waals surface area contributed by atoms with E-state index in [2.05, 4.69) is 34.5 Å². The van der Waals surface area contributed by atoms with Crippen LogP contribution in [0.1, 0.15) is 42.3 Å². The summed E-state index contributed by atoms with van der Waals surface area (Å²) in [4.78, 5) is 18.8. The Kier molecular flexibility index (Phi) is 4.17. The van der Waals surface area contributed by atoms with Crippen LogP contribution in [0.15, 0.2) is 22.7 Å².